The molecule has 1 N–H and O–H groups in total. The molecule has 0 bridgehead atoms. The number of tetrazole rings is 1. The second kappa shape index (κ2) is 9.38. The normalized spacial score (nSPS) is 10.5. The molecule has 9 nitrogen and oxygen atoms in total. The van der Waals surface area contributed by atoms with Gasteiger partial charge in [-0.05, 0) is 34.7 Å². The first-order chi connectivity index (χ1) is 13.5. The Morgan fingerprint density at radius 1 is 1.29 bits per heavy atom. The molecule has 0 saturated heterocycles. The third-order valence-corrected chi connectivity index (χ3v) is 4.82. The molecular formula is C17H17ClN6O3S. The minimum Gasteiger partial charge on any atom is -0.491 e. The molecule has 146 valence electrons. The lowest BCUT2D eigenvalue weighted by molar-refractivity contribution is -0.118. The number of ether oxygens (including phenoxy) is 2. The van der Waals surface area contributed by atoms with E-state index in [0.717, 1.165) is 5.69 Å². The smallest absolute Gasteiger partial charge is 0.262 e. The molecule has 2 heterocycles. The number of thioether (sulfide) groups is 1. The van der Waals surface area contributed by atoms with Crippen LogP contribution in [0.25, 0.3) is 0 Å². The van der Waals surface area contributed by atoms with Gasteiger partial charge in [-0.3, -0.25) is 9.78 Å². The largest absolute Gasteiger partial charge is 0.491 e. The number of hydrogen-bond acceptors (Lipinski definition) is 8. The van der Waals surface area contributed by atoms with E-state index in [4.69, 9.17) is 21.1 Å². The average molecular weight is 421 g/mol. The van der Waals surface area contributed by atoms with E-state index in [-0.39, 0.29) is 12.5 Å². The zero-order valence-corrected chi connectivity index (χ0v) is 16.7. The number of nitrogens with one attached hydrogen (secondary N) is 1. The summed E-state index contributed by atoms with van der Waals surface area (Å²) in [5.74, 6) is 1.09. The van der Waals surface area contributed by atoms with Crippen LogP contribution in [0.5, 0.6) is 11.5 Å². The molecule has 0 spiro atoms. The maximum Gasteiger partial charge on any atom is 0.262 e. The van der Waals surface area contributed by atoms with Crippen molar-refractivity contribution in [3.05, 3.63) is 47.2 Å². The van der Waals surface area contributed by atoms with Crippen molar-refractivity contribution in [2.24, 2.45) is 7.05 Å². The van der Waals surface area contributed by atoms with Gasteiger partial charge in [0.2, 0.25) is 5.16 Å². The van der Waals surface area contributed by atoms with Gasteiger partial charge < -0.3 is 14.8 Å². The van der Waals surface area contributed by atoms with E-state index < -0.39 is 0 Å². The summed E-state index contributed by atoms with van der Waals surface area (Å²) in [6, 6.07) is 8.54. The lowest BCUT2D eigenvalue weighted by Gasteiger charge is -2.12. The summed E-state index contributed by atoms with van der Waals surface area (Å²) in [4.78, 5) is 16.4. The van der Waals surface area contributed by atoms with Crippen LogP contribution in [0.3, 0.4) is 0 Å². The second-order valence-electron chi connectivity index (χ2n) is 5.54. The first-order valence-corrected chi connectivity index (χ1v) is 9.48. The number of carbonyl (C=O) groups excluding carboxylic acids is 1. The molecule has 0 unspecified atom stereocenters. The maximum atomic E-state index is 12.1. The lowest BCUT2D eigenvalue weighted by atomic mass is 10.3. The maximum absolute atomic E-state index is 12.1. The van der Waals surface area contributed by atoms with Crippen LogP contribution in [0.2, 0.25) is 5.02 Å². The van der Waals surface area contributed by atoms with Gasteiger partial charge in [-0.15, -0.1) is 5.10 Å². The van der Waals surface area contributed by atoms with Crippen LogP contribution in [-0.2, 0) is 17.6 Å². The molecule has 0 aliphatic carbocycles. The molecule has 0 radical (unpaired) electrons. The van der Waals surface area contributed by atoms with Gasteiger partial charge in [0, 0.05) is 29.6 Å². The van der Waals surface area contributed by atoms with E-state index in [9.17, 15) is 4.79 Å². The van der Waals surface area contributed by atoms with Crippen LogP contribution in [0.4, 0.5) is 5.69 Å². The van der Waals surface area contributed by atoms with E-state index in [2.05, 4.69) is 25.8 Å². The summed E-state index contributed by atoms with van der Waals surface area (Å²) in [5.41, 5.74) is 1.37. The highest BCUT2D eigenvalue weighted by atomic mass is 35.5. The van der Waals surface area contributed by atoms with Crippen molar-refractivity contribution in [1.29, 1.82) is 0 Å². The molecule has 3 aromatic rings. The summed E-state index contributed by atoms with van der Waals surface area (Å²) in [6.07, 6.45) is 1.55. The highest BCUT2D eigenvalue weighted by Crippen LogP contribution is 2.29. The SMILES string of the molecule is COc1cnc(CSc2nnnn2C)cc1OCC(=O)Nc1ccc(Cl)cc1. The third kappa shape index (κ3) is 5.33. The number of amides is 1. The molecule has 0 atom stereocenters. The highest BCUT2D eigenvalue weighted by molar-refractivity contribution is 7.98. The van der Waals surface area contributed by atoms with Gasteiger partial charge in [-0.25, -0.2) is 4.68 Å². The van der Waals surface area contributed by atoms with Crippen molar-refractivity contribution in [3.8, 4) is 11.5 Å². The summed E-state index contributed by atoms with van der Waals surface area (Å²) in [7, 11) is 3.27. The van der Waals surface area contributed by atoms with E-state index in [1.165, 1.54) is 18.9 Å². The molecule has 0 fully saturated rings. The minimum absolute atomic E-state index is 0.178. The number of halogens is 1. The summed E-state index contributed by atoms with van der Waals surface area (Å²) in [5, 5.41) is 15.3. The van der Waals surface area contributed by atoms with Crippen molar-refractivity contribution in [2.45, 2.75) is 10.9 Å². The second-order valence-corrected chi connectivity index (χ2v) is 6.92. The van der Waals surface area contributed by atoms with Crippen molar-refractivity contribution >= 4 is 35.0 Å². The van der Waals surface area contributed by atoms with E-state index in [1.54, 1.807) is 48.3 Å². The summed E-state index contributed by atoms with van der Waals surface area (Å²) in [6.45, 7) is -0.178. The number of hydrogen-bond donors (Lipinski definition) is 1. The minimum atomic E-state index is -0.303. The van der Waals surface area contributed by atoms with Crippen molar-refractivity contribution in [2.75, 3.05) is 19.0 Å². The van der Waals surface area contributed by atoms with Crippen molar-refractivity contribution in [1.82, 2.24) is 25.2 Å². The summed E-state index contributed by atoms with van der Waals surface area (Å²) >= 11 is 7.27. The zero-order chi connectivity index (χ0) is 19.9. The van der Waals surface area contributed by atoms with Crippen LogP contribution in [-0.4, -0.2) is 44.8 Å². The predicted molar refractivity (Wildman–Crippen MR) is 105 cm³/mol. The van der Waals surface area contributed by atoms with Gasteiger partial charge in [0.15, 0.2) is 18.1 Å². The monoisotopic (exact) mass is 420 g/mol. The molecule has 2 aromatic heterocycles. The van der Waals surface area contributed by atoms with Gasteiger partial charge in [-0.2, -0.15) is 0 Å². The van der Waals surface area contributed by atoms with Crippen molar-refractivity contribution in [3.63, 3.8) is 0 Å². The highest BCUT2D eigenvalue weighted by Gasteiger charge is 2.12. The molecule has 3 rings (SSSR count). The molecule has 0 aliphatic rings. The quantitative estimate of drug-likeness (QED) is 0.554. The van der Waals surface area contributed by atoms with Crippen LogP contribution in [0.15, 0.2) is 41.7 Å². The molecule has 0 aliphatic heterocycles. The fraction of sp³-hybridized carbons (Fsp3) is 0.235. The topological polar surface area (TPSA) is 104 Å². The predicted octanol–water partition coefficient (Wildman–Crippen LogP) is 2.58. The average Bonchev–Trinajstić information content (AvgIpc) is 3.11. The van der Waals surface area contributed by atoms with Crippen LogP contribution >= 0.6 is 23.4 Å². The number of aryl methyl sites for hydroxylation is 1. The molecule has 1 amide bonds. The Hall–Kier alpha value is -2.85. The number of pyridine rings is 1. The number of benzene rings is 1. The van der Waals surface area contributed by atoms with Gasteiger partial charge >= 0.3 is 0 Å². The third-order valence-electron chi connectivity index (χ3n) is 3.53. The standard InChI is InChI=1S/C17H17ClN6O3S/c1-24-17(21-22-23-24)28-10-13-7-14(15(26-2)8-19-13)27-9-16(25)20-12-5-3-11(18)4-6-12/h3-8H,9-10H2,1-2H3,(H,20,25). The Morgan fingerprint density at radius 3 is 2.75 bits per heavy atom. The number of methoxy groups -OCH3 is 1. The van der Waals surface area contributed by atoms with Crippen LogP contribution in [0.1, 0.15) is 5.69 Å². The fourth-order valence-corrected chi connectivity index (χ4v) is 3.04. The first-order valence-electron chi connectivity index (χ1n) is 8.11. The lowest BCUT2D eigenvalue weighted by Crippen LogP contribution is -2.20. The number of carbonyl (C=O) groups is 1. The van der Waals surface area contributed by atoms with E-state index >= 15 is 0 Å². The Labute approximate surface area is 170 Å². The van der Waals surface area contributed by atoms with Gasteiger partial charge in [0.1, 0.15) is 0 Å². The molecule has 28 heavy (non-hydrogen) atoms. The van der Waals surface area contributed by atoms with Gasteiger partial charge in [0.25, 0.3) is 5.91 Å². The number of anilines is 1. The van der Waals surface area contributed by atoms with Crippen molar-refractivity contribution < 1.29 is 14.3 Å². The number of aromatic nitrogens is 5. The Kier molecular flexibility index (Phi) is 6.66. The van der Waals surface area contributed by atoms with Gasteiger partial charge in [0.05, 0.1) is 19.0 Å². The van der Waals surface area contributed by atoms with E-state index in [1.807, 2.05) is 0 Å². The molecule has 0 saturated carbocycles. The summed E-state index contributed by atoms with van der Waals surface area (Å²) < 4.78 is 12.5. The van der Waals surface area contributed by atoms with E-state index in [0.29, 0.717) is 33.1 Å². The Morgan fingerprint density at radius 2 is 2.07 bits per heavy atom. The number of nitrogens with zero attached hydrogens (tertiary/aromatic N) is 5. The van der Waals surface area contributed by atoms with Crippen LogP contribution < -0.4 is 14.8 Å². The van der Waals surface area contributed by atoms with Gasteiger partial charge in [-0.1, -0.05) is 23.4 Å². The number of rotatable bonds is 8. The molecule has 11 heteroatoms. The fourth-order valence-electron chi connectivity index (χ4n) is 2.17. The van der Waals surface area contributed by atoms with Crippen LogP contribution in [0, 0.1) is 0 Å². The molecular weight excluding hydrogens is 404 g/mol. The first kappa shape index (κ1) is 19.9. The Balaban J connectivity index is 1.60. The Bertz CT molecular complexity index is 950. The molecule has 1 aromatic carbocycles. The zero-order valence-electron chi connectivity index (χ0n) is 15.1.